The van der Waals surface area contributed by atoms with Crippen LogP contribution in [0.2, 0.25) is 0 Å². The molecule has 0 atom stereocenters. The summed E-state index contributed by atoms with van der Waals surface area (Å²) in [6.07, 6.45) is 2.61. The second-order valence-corrected chi connectivity index (χ2v) is 3.46. The number of ether oxygens (including phenoxy) is 2. The molecule has 1 heterocycles. The Balaban J connectivity index is 2.59. The van der Waals surface area contributed by atoms with Gasteiger partial charge in [0.1, 0.15) is 11.5 Å². The summed E-state index contributed by atoms with van der Waals surface area (Å²) in [5, 5.41) is 0. The van der Waals surface area contributed by atoms with Gasteiger partial charge >= 0.3 is 0 Å². The van der Waals surface area contributed by atoms with E-state index in [0.29, 0.717) is 17.2 Å². The molecule has 0 saturated carbocycles. The fourth-order valence-electron chi connectivity index (χ4n) is 1.69. The number of benzene rings is 1. The van der Waals surface area contributed by atoms with E-state index < -0.39 is 0 Å². The lowest BCUT2D eigenvalue weighted by molar-refractivity contribution is 0.111. The molecule has 0 saturated heterocycles. The zero-order valence-electron chi connectivity index (χ0n) is 9.71. The molecule has 17 heavy (non-hydrogen) atoms. The summed E-state index contributed by atoms with van der Waals surface area (Å²) < 4.78 is 12.2. The van der Waals surface area contributed by atoms with Crippen LogP contribution in [0.15, 0.2) is 36.5 Å². The van der Waals surface area contributed by atoms with Gasteiger partial charge in [0.25, 0.3) is 0 Å². The first-order valence-corrected chi connectivity index (χ1v) is 5.15. The summed E-state index contributed by atoms with van der Waals surface area (Å²) in [4.78, 5) is 10.9. The van der Waals surface area contributed by atoms with Crippen molar-refractivity contribution in [3.05, 3.63) is 42.2 Å². The van der Waals surface area contributed by atoms with Crippen molar-refractivity contribution in [3.63, 3.8) is 0 Å². The van der Waals surface area contributed by atoms with Gasteiger partial charge in [0.2, 0.25) is 0 Å². The minimum absolute atomic E-state index is 0.566. The maximum absolute atomic E-state index is 10.9. The van der Waals surface area contributed by atoms with Gasteiger partial charge in [-0.05, 0) is 24.3 Å². The minimum Gasteiger partial charge on any atom is -0.497 e. The van der Waals surface area contributed by atoms with Crippen molar-refractivity contribution < 1.29 is 14.3 Å². The van der Waals surface area contributed by atoms with Crippen LogP contribution in [0.25, 0.3) is 5.69 Å². The average molecular weight is 231 g/mol. The molecule has 1 aromatic carbocycles. The van der Waals surface area contributed by atoms with Crippen LogP contribution in [0.1, 0.15) is 10.5 Å². The number of aromatic nitrogens is 1. The molecular weight excluding hydrogens is 218 g/mol. The van der Waals surface area contributed by atoms with E-state index in [0.717, 1.165) is 12.0 Å². The number of hydrogen-bond acceptors (Lipinski definition) is 3. The Hall–Kier alpha value is -2.23. The third-order valence-corrected chi connectivity index (χ3v) is 2.55. The normalized spacial score (nSPS) is 10.0. The van der Waals surface area contributed by atoms with Gasteiger partial charge in [-0.2, -0.15) is 0 Å². The predicted molar refractivity (Wildman–Crippen MR) is 64.3 cm³/mol. The highest BCUT2D eigenvalue weighted by Gasteiger charge is 2.09. The van der Waals surface area contributed by atoms with Crippen LogP contribution in [0, 0.1) is 0 Å². The lowest BCUT2D eigenvalue weighted by atomic mass is 10.2. The molecule has 4 heteroatoms. The van der Waals surface area contributed by atoms with Gasteiger partial charge in [-0.15, -0.1) is 0 Å². The molecule has 0 aliphatic rings. The van der Waals surface area contributed by atoms with Crippen molar-refractivity contribution in [1.82, 2.24) is 4.57 Å². The fourth-order valence-corrected chi connectivity index (χ4v) is 1.69. The Morgan fingerprint density at radius 1 is 1.18 bits per heavy atom. The molecule has 0 radical (unpaired) electrons. The summed E-state index contributed by atoms with van der Waals surface area (Å²) in [7, 11) is 3.19. The van der Waals surface area contributed by atoms with Crippen LogP contribution in [-0.4, -0.2) is 25.1 Å². The Morgan fingerprint density at radius 2 is 2.00 bits per heavy atom. The Morgan fingerprint density at radius 3 is 2.65 bits per heavy atom. The molecule has 0 fully saturated rings. The molecule has 0 amide bonds. The highest BCUT2D eigenvalue weighted by Crippen LogP contribution is 2.28. The van der Waals surface area contributed by atoms with Gasteiger partial charge in [0.05, 0.1) is 25.6 Å². The predicted octanol–water partition coefficient (Wildman–Crippen LogP) is 2.31. The highest BCUT2D eigenvalue weighted by molar-refractivity contribution is 5.74. The number of carbonyl (C=O) groups is 1. The van der Waals surface area contributed by atoms with E-state index in [1.807, 2.05) is 24.3 Å². The topological polar surface area (TPSA) is 40.5 Å². The van der Waals surface area contributed by atoms with E-state index in [9.17, 15) is 4.79 Å². The van der Waals surface area contributed by atoms with Crippen molar-refractivity contribution in [2.24, 2.45) is 0 Å². The minimum atomic E-state index is 0.566. The zero-order chi connectivity index (χ0) is 12.3. The lowest BCUT2D eigenvalue weighted by Crippen LogP contribution is -2.01. The van der Waals surface area contributed by atoms with Crippen LogP contribution >= 0.6 is 0 Å². The van der Waals surface area contributed by atoms with E-state index in [1.165, 1.54) is 0 Å². The lowest BCUT2D eigenvalue weighted by Gasteiger charge is -2.12. The average Bonchev–Trinajstić information content (AvgIpc) is 2.86. The van der Waals surface area contributed by atoms with Crippen LogP contribution in [0.4, 0.5) is 0 Å². The van der Waals surface area contributed by atoms with Crippen LogP contribution in [0.5, 0.6) is 11.5 Å². The van der Waals surface area contributed by atoms with Gasteiger partial charge in [-0.25, -0.2) is 0 Å². The third kappa shape index (κ3) is 2.01. The Kier molecular flexibility index (Phi) is 3.14. The number of nitrogens with zero attached hydrogens (tertiary/aromatic N) is 1. The van der Waals surface area contributed by atoms with Crippen molar-refractivity contribution in [3.8, 4) is 17.2 Å². The summed E-state index contributed by atoms with van der Waals surface area (Å²) >= 11 is 0. The molecule has 0 aliphatic carbocycles. The zero-order valence-corrected chi connectivity index (χ0v) is 9.71. The third-order valence-electron chi connectivity index (χ3n) is 2.55. The van der Waals surface area contributed by atoms with Gasteiger partial charge < -0.3 is 14.0 Å². The standard InChI is InChI=1S/C13H13NO3/c1-16-11-5-6-13(17-2)12(8-11)14-7-3-4-10(14)9-15/h3-9H,1-2H3. The maximum Gasteiger partial charge on any atom is 0.166 e. The van der Waals surface area contributed by atoms with Crippen LogP contribution in [0.3, 0.4) is 0 Å². The maximum atomic E-state index is 10.9. The summed E-state index contributed by atoms with van der Waals surface area (Å²) in [5.41, 5.74) is 1.34. The molecule has 0 N–H and O–H groups in total. The quantitative estimate of drug-likeness (QED) is 0.758. The van der Waals surface area contributed by atoms with Gasteiger partial charge in [-0.3, -0.25) is 4.79 Å². The second-order valence-electron chi connectivity index (χ2n) is 3.46. The number of carbonyl (C=O) groups excluding carboxylic acids is 1. The molecule has 0 aliphatic heterocycles. The molecule has 0 spiro atoms. The van der Waals surface area contributed by atoms with E-state index in [-0.39, 0.29) is 0 Å². The number of rotatable bonds is 4. The van der Waals surface area contributed by atoms with E-state index >= 15 is 0 Å². The van der Waals surface area contributed by atoms with Crippen molar-refractivity contribution in [2.75, 3.05) is 14.2 Å². The van der Waals surface area contributed by atoms with Crippen LogP contribution in [-0.2, 0) is 0 Å². The first-order chi connectivity index (χ1) is 8.30. The van der Waals surface area contributed by atoms with Crippen LogP contribution < -0.4 is 9.47 Å². The van der Waals surface area contributed by atoms with E-state index in [1.54, 1.807) is 31.0 Å². The molecular formula is C13H13NO3. The fraction of sp³-hybridized carbons (Fsp3) is 0.154. The Labute approximate surface area is 99.4 Å². The van der Waals surface area contributed by atoms with Crippen molar-refractivity contribution >= 4 is 6.29 Å². The molecule has 2 aromatic rings. The SMILES string of the molecule is COc1ccc(OC)c(-n2cccc2C=O)c1. The molecule has 88 valence electrons. The smallest absolute Gasteiger partial charge is 0.166 e. The summed E-state index contributed by atoms with van der Waals surface area (Å²) in [6.45, 7) is 0. The molecule has 2 rings (SSSR count). The van der Waals surface area contributed by atoms with Crippen molar-refractivity contribution in [2.45, 2.75) is 0 Å². The van der Waals surface area contributed by atoms with Gasteiger partial charge in [-0.1, -0.05) is 0 Å². The molecule has 4 nitrogen and oxygen atoms in total. The monoisotopic (exact) mass is 231 g/mol. The van der Waals surface area contributed by atoms with Gasteiger partial charge in [0, 0.05) is 12.3 Å². The number of hydrogen-bond donors (Lipinski definition) is 0. The highest BCUT2D eigenvalue weighted by atomic mass is 16.5. The summed E-state index contributed by atoms with van der Waals surface area (Å²) in [5.74, 6) is 1.40. The van der Waals surface area contributed by atoms with Gasteiger partial charge in [0.15, 0.2) is 6.29 Å². The first kappa shape index (κ1) is 11.3. The van der Waals surface area contributed by atoms with E-state index in [2.05, 4.69) is 0 Å². The number of aldehydes is 1. The largest absolute Gasteiger partial charge is 0.497 e. The second kappa shape index (κ2) is 4.74. The van der Waals surface area contributed by atoms with Crippen molar-refractivity contribution in [1.29, 1.82) is 0 Å². The Bertz CT molecular complexity index is 531. The van der Waals surface area contributed by atoms with E-state index in [4.69, 9.17) is 9.47 Å². The molecule has 0 unspecified atom stereocenters. The number of methoxy groups -OCH3 is 2. The summed E-state index contributed by atoms with van der Waals surface area (Å²) in [6, 6.07) is 9.00. The molecule has 1 aromatic heterocycles. The first-order valence-electron chi connectivity index (χ1n) is 5.15. The molecule has 0 bridgehead atoms.